The van der Waals surface area contributed by atoms with Crippen molar-refractivity contribution < 1.29 is 24.3 Å². The van der Waals surface area contributed by atoms with Crippen molar-refractivity contribution in [3.63, 3.8) is 0 Å². The van der Waals surface area contributed by atoms with E-state index in [-0.39, 0.29) is 34.9 Å². The van der Waals surface area contributed by atoms with E-state index in [0.717, 1.165) is 30.4 Å². The van der Waals surface area contributed by atoms with Crippen LogP contribution in [0.15, 0.2) is 48.5 Å². The van der Waals surface area contributed by atoms with Gasteiger partial charge in [0.25, 0.3) is 0 Å². The summed E-state index contributed by atoms with van der Waals surface area (Å²) in [6, 6.07) is 13.8. The first-order chi connectivity index (χ1) is 18.5. The van der Waals surface area contributed by atoms with Crippen LogP contribution in [-0.4, -0.2) is 55.0 Å². The van der Waals surface area contributed by atoms with Crippen molar-refractivity contribution >= 4 is 24.2 Å². The van der Waals surface area contributed by atoms with Gasteiger partial charge in [-0.15, -0.1) is 0 Å². The molecule has 9 heteroatoms. The molecule has 3 unspecified atom stereocenters. The lowest BCUT2D eigenvalue weighted by molar-refractivity contribution is -0.126. The lowest BCUT2D eigenvalue weighted by atomic mass is 9.87. The van der Waals surface area contributed by atoms with Gasteiger partial charge in [0, 0.05) is 12.5 Å². The summed E-state index contributed by atoms with van der Waals surface area (Å²) in [6.45, 7) is 8.74. The molecule has 0 aliphatic heterocycles. The molecule has 0 radical (unpaired) electrons. The summed E-state index contributed by atoms with van der Waals surface area (Å²) >= 11 is 0. The van der Waals surface area contributed by atoms with Crippen LogP contribution < -0.4 is 21.3 Å². The first kappa shape index (κ1) is 31.5. The van der Waals surface area contributed by atoms with Crippen LogP contribution in [0.5, 0.6) is 0 Å². The molecular weight excluding hydrogens is 496 g/mol. The van der Waals surface area contributed by atoms with Crippen LogP contribution >= 0.6 is 0 Å². The Labute approximate surface area is 231 Å². The van der Waals surface area contributed by atoms with Gasteiger partial charge in [-0.2, -0.15) is 0 Å². The predicted octanol–water partition coefficient (Wildman–Crippen LogP) is 2.99. The number of likely N-dealkylation sites (N-methyl/N-ethyl adjacent to an activating group) is 1. The van der Waals surface area contributed by atoms with Crippen LogP contribution in [0.3, 0.4) is 0 Å². The van der Waals surface area contributed by atoms with Gasteiger partial charge in [0.1, 0.15) is 6.04 Å². The normalized spacial score (nSPS) is 15.9. The lowest BCUT2D eigenvalue weighted by Crippen LogP contribution is -2.46. The van der Waals surface area contributed by atoms with E-state index in [4.69, 9.17) is 5.11 Å². The van der Waals surface area contributed by atoms with Crippen molar-refractivity contribution in [1.29, 1.82) is 0 Å². The van der Waals surface area contributed by atoms with Crippen LogP contribution in [0.2, 0.25) is 0 Å². The second kappa shape index (κ2) is 15.0. The molecular formula is C30H42N4O5. The molecule has 1 aliphatic rings. The molecule has 1 aliphatic carbocycles. The fourth-order valence-corrected chi connectivity index (χ4v) is 4.17. The second-order valence-electron chi connectivity index (χ2n) is 10.9. The van der Waals surface area contributed by atoms with E-state index in [1.807, 2.05) is 25.1 Å². The lowest BCUT2D eigenvalue weighted by Gasteiger charge is -2.28. The minimum Gasteiger partial charge on any atom is -0.478 e. The van der Waals surface area contributed by atoms with Crippen molar-refractivity contribution in [2.24, 2.45) is 5.41 Å². The zero-order chi connectivity index (χ0) is 29.0. The van der Waals surface area contributed by atoms with E-state index in [2.05, 4.69) is 48.1 Å². The molecule has 3 rings (SSSR count). The van der Waals surface area contributed by atoms with Crippen LogP contribution in [0.1, 0.15) is 73.6 Å². The maximum Gasteiger partial charge on any atom is 0.335 e. The Bertz CT molecular complexity index is 1110. The molecule has 3 amide bonds. The van der Waals surface area contributed by atoms with E-state index in [9.17, 15) is 19.2 Å². The van der Waals surface area contributed by atoms with E-state index in [1.54, 1.807) is 19.2 Å². The molecule has 0 saturated heterocycles. The molecule has 0 bridgehead atoms. The molecule has 0 heterocycles. The summed E-state index contributed by atoms with van der Waals surface area (Å²) < 4.78 is 0. The fraction of sp³-hybridized carbons (Fsp3) is 0.467. The number of carboxylic acid groups (broad SMARTS) is 1. The molecule has 0 saturated carbocycles. The number of amides is 3. The quantitative estimate of drug-likeness (QED) is 0.295. The smallest absolute Gasteiger partial charge is 0.335 e. The number of carbonyl (C=O) groups excluding carboxylic acids is 3. The monoisotopic (exact) mass is 538 g/mol. The summed E-state index contributed by atoms with van der Waals surface area (Å²) in [5, 5.41) is 20.3. The molecule has 9 nitrogen and oxygen atoms in total. The highest BCUT2D eigenvalue weighted by Crippen LogP contribution is 2.29. The predicted molar refractivity (Wildman–Crippen MR) is 151 cm³/mol. The Morgan fingerprint density at radius 1 is 1.08 bits per heavy atom. The molecule has 0 aromatic heterocycles. The number of benzene rings is 2. The first-order valence-corrected chi connectivity index (χ1v) is 13.3. The van der Waals surface area contributed by atoms with Gasteiger partial charge in [0.15, 0.2) is 0 Å². The Morgan fingerprint density at radius 3 is 2.33 bits per heavy atom. The number of hydrogen-bond donors (Lipinski definition) is 5. The Kier molecular flexibility index (Phi) is 12.1. The van der Waals surface area contributed by atoms with Crippen molar-refractivity contribution in [1.82, 2.24) is 21.3 Å². The molecule has 39 heavy (non-hydrogen) atoms. The number of carbonyl (C=O) groups is 4. The number of aromatic carboxylic acids is 1. The zero-order valence-corrected chi connectivity index (χ0v) is 23.5. The van der Waals surface area contributed by atoms with E-state index >= 15 is 0 Å². The second-order valence-corrected chi connectivity index (χ2v) is 10.9. The minimum atomic E-state index is -1.00. The third-order valence-corrected chi connectivity index (χ3v) is 6.93. The van der Waals surface area contributed by atoms with E-state index in [1.165, 1.54) is 17.7 Å². The maximum absolute atomic E-state index is 12.8. The Hall–Kier alpha value is -3.72. The van der Waals surface area contributed by atoms with Gasteiger partial charge in [-0.3, -0.25) is 14.4 Å². The van der Waals surface area contributed by atoms with Gasteiger partial charge in [-0.05, 0) is 67.5 Å². The van der Waals surface area contributed by atoms with Crippen LogP contribution in [0, 0.1) is 5.41 Å². The minimum absolute atomic E-state index is 0.0555. The number of nitrogens with one attached hydrogen (secondary N) is 4. The van der Waals surface area contributed by atoms with Crippen molar-refractivity contribution in [3.8, 4) is 0 Å². The van der Waals surface area contributed by atoms with Gasteiger partial charge in [-0.1, -0.05) is 57.2 Å². The first-order valence-electron chi connectivity index (χ1n) is 13.3. The highest BCUT2D eigenvalue weighted by molar-refractivity contribution is 5.87. The topological polar surface area (TPSA) is 137 Å². The number of aryl methyl sites for hydroxylation is 1. The molecule has 0 spiro atoms. The number of hydrogen-bond acceptors (Lipinski definition) is 5. The largest absolute Gasteiger partial charge is 0.478 e. The van der Waals surface area contributed by atoms with Gasteiger partial charge < -0.3 is 26.4 Å². The molecule has 212 valence electrons. The summed E-state index contributed by atoms with van der Waals surface area (Å²) in [5.74, 6) is -1.19. The molecule has 0 fully saturated rings. The van der Waals surface area contributed by atoms with Gasteiger partial charge >= 0.3 is 5.97 Å². The summed E-state index contributed by atoms with van der Waals surface area (Å²) in [7, 11) is 1.77. The van der Waals surface area contributed by atoms with Gasteiger partial charge in [0.2, 0.25) is 18.2 Å². The van der Waals surface area contributed by atoms with Crippen molar-refractivity contribution in [2.45, 2.75) is 71.5 Å². The summed E-state index contributed by atoms with van der Waals surface area (Å²) in [5.41, 5.74) is 3.47. The van der Waals surface area contributed by atoms with Crippen LogP contribution in [-0.2, 0) is 27.2 Å². The van der Waals surface area contributed by atoms with Crippen molar-refractivity contribution in [2.75, 3.05) is 13.6 Å². The maximum atomic E-state index is 12.8. The Morgan fingerprint density at radius 2 is 1.74 bits per heavy atom. The van der Waals surface area contributed by atoms with Crippen LogP contribution in [0.25, 0.3) is 0 Å². The van der Waals surface area contributed by atoms with Gasteiger partial charge in [-0.25, -0.2) is 4.79 Å². The van der Waals surface area contributed by atoms with Gasteiger partial charge in [0.05, 0.1) is 18.2 Å². The SMILES string of the molecule is CNCC(=O)NC(C)C(C)(C)C.O=CNC(Cc1ccc(C(=O)O)cc1)C(=O)NC1CCCc2ccccc21. The number of carboxylic acids is 1. The zero-order valence-electron chi connectivity index (χ0n) is 23.5. The van der Waals surface area contributed by atoms with E-state index in [0.29, 0.717) is 19.4 Å². The van der Waals surface area contributed by atoms with E-state index < -0.39 is 12.0 Å². The summed E-state index contributed by atoms with van der Waals surface area (Å²) in [4.78, 5) is 45.8. The number of fused-ring (bicyclic) bond motifs is 1. The third-order valence-electron chi connectivity index (χ3n) is 6.93. The number of rotatable bonds is 10. The Balaban J connectivity index is 0.000000377. The standard InChI is InChI=1S/C21H22N2O4.C9H20N2O/c24-13-22-19(12-14-8-10-16(11-9-14)21(26)27)20(25)23-18-7-3-5-15-4-1-2-6-17(15)18;1-7(9(2,3)4)11-8(12)6-10-5/h1-2,4,6,8-11,13,18-19H,3,5,7,12H2,(H,22,24)(H,23,25)(H,26,27);7,10H,6H2,1-5H3,(H,11,12). The average Bonchev–Trinajstić information content (AvgIpc) is 2.89. The highest BCUT2D eigenvalue weighted by Gasteiger charge is 2.25. The molecule has 3 atom stereocenters. The van der Waals surface area contributed by atoms with Crippen LogP contribution in [0.4, 0.5) is 0 Å². The van der Waals surface area contributed by atoms with Crippen molar-refractivity contribution in [3.05, 3.63) is 70.8 Å². The fourth-order valence-electron chi connectivity index (χ4n) is 4.17. The summed E-state index contributed by atoms with van der Waals surface area (Å²) in [6.07, 6.45) is 3.69. The molecule has 2 aromatic rings. The molecule has 2 aromatic carbocycles. The average molecular weight is 539 g/mol. The third kappa shape index (κ3) is 10.2. The highest BCUT2D eigenvalue weighted by atomic mass is 16.4. The molecule has 5 N–H and O–H groups in total.